The lowest BCUT2D eigenvalue weighted by Crippen LogP contribution is -2.04. The van der Waals surface area contributed by atoms with Gasteiger partial charge in [-0.1, -0.05) is 0 Å². The Labute approximate surface area is 100 Å². The van der Waals surface area contributed by atoms with E-state index < -0.39 is 0 Å². The van der Waals surface area contributed by atoms with E-state index in [1.165, 1.54) is 4.80 Å². The average molecular weight is 316 g/mol. The number of nitrogens with zero attached hydrogens (tertiary/aromatic N) is 5. The van der Waals surface area contributed by atoms with Crippen LogP contribution in [0.3, 0.4) is 0 Å². The third-order valence-corrected chi connectivity index (χ3v) is 2.25. The van der Waals surface area contributed by atoms with Crippen LogP contribution in [0.25, 0.3) is 0 Å². The Bertz CT molecular complexity index is 437. The maximum atomic E-state index is 4.13. The standard InChI is InChI=1S/C8H9IN6/c1-15-13-5-7(14-15)4-12-8-10-2-6(9)3-11-8/h2-3,5H,4H2,1H3,(H,10,11,12). The predicted octanol–water partition coefficient (Wildman–Crippen LogP) is 0.822. The fourth-order valence-corrected chi connectivity index (χ4v) is 1.32. The molecule has 15 heavy (non-hydrogen) atoms. The Morgan fingerprint density at radius 1 is 1.33 bits per heavy atom. The highest BCUT2D eigenvalue weighted by Crippen LogP contribution is 2.03. The molecule has 2 rings (SSSR count). The van der Waals surface area contributed by atoms with Crippen LogP contribution in [-0.4, -0.2) is 25.0 Å². The monoisotopic (exact) mass is 316 g/mol. The minimum atomic E-state index is 0.578. The minimum Gasteiger partial charge on any atom is -0.348 e. The van der Waals surface area contributed by atoms with Gasteiger partial charge < -0.3 is 5.32 Å². The smallest absolute Gasteiger partial charge is 0.222 e. The molecule has 0 saturated carbocycles. The Morgan fingerprint density at radius 2 is 2.07 bits per heavy atom. The quantitative estimate of drug-likeness (QED) is 0.849. The Hall–Kier alpha value is -1.25. The van der Waals surface area contributed by atoms with Crippen LogP contribution in [0.4, 0.5) is 5.95 Å². The number of nitrogens with one attached hydrogen (secondary N) is 1. The Kier molecular flexibility index (Phi) is 3.09. The van der Waals surface area contributed by atoms with E-state index in [4.69, 9.17) is 0 Å². The molecule has 0 spiro atoms. The van der Waals surface area contributed by atoms with Crippen molar-refractivity contribution in [1.82, 2.24) is 25.0 Å². The average Bonchev–Trinajstić information content (AvgIpc) is 2.64. The van der Waals surface area contributed by atoms with E-state index in [-0.39, 0.29) is 0 Å². The van der Waals surface area contributed by atoms with Crippen LogP contribution in [0.1, 0.15) is 5.69 Å². The summed E-state index contributed by atoms with van der Waals surface area (Å²) < 4.78 is 1.01. The van der Waals surface area contributed by atoms with Gasteiger partial charge in [-0.25, -0.2) is 9.97 Å². The first-order valence-electron chi connectivity index (χ1n) is 4.30. The number of anilines is 1. The molecule has 0 aliphatic heterocycles. The number of hydrogen-bond donors (Lipinski definition) is 1. The fourth-order valence-electron chi connectivity index (χ4n) is 1.04. The fraction of sp³-hybridized carbons (Fsp3) is 0.250. The summed E-state index contributed by atoms with van der Waals surface area (Å²) in [5, 5.41) is 11.2. The summed E-state index contributed by atoms with van der Waals surface area (Å²) in [5.74, 6) is 0.598. The van der Waals surface area contributed by atoms with Crippen molar-refractivity contribution < 1.29 is 0 Å². The molecule has 0 amide bonds. The van der Waals surface area contributed by atoms with Crippen molar-refractivity contribution in [1.29, 1.82) is 0 Å². The summed E-state index contributed by atoms with van der Waals surface area (Å²) in [6.45, 7) is 0.578. The van der Waals surface area contributed by atoms with Crippen LogP contribution < -0.4 is 5.32 Å². The summed E-state index contributed by atoms with van der Waals surface area (Å²) in [6, 6.07) is 0. The van der Waals surface area contributed by atoms with Crippen molar-refractivity contribution >= 4 is 28.5 Å². The van der Waals surface area contributed by atoms with Crippen LogP contribution in [0.2, 0.25) is 0 Å². The second kappa shape index (κ2) is 4.51. The lowest BCUT2D eigenvalue weighted by Gasteiger charge is -2.00. The third-order valence-electron chi connectivity index (χ3n) is 1.69. The maximum absolute atomic E-state index is 4.13. The topological polar surface area (TPSA) is 68.5 Å². The first-order valence-corrected chi connectivity index (χ1v) is 5.38. The number of aromatic nitrogens is 5. The van der Waals surface area contributed by atoms with E-state index >= 15 is 0 Å². The molecular formula is C8H9IN6. The van der Waals surface area contributed by atoms with Crippen molar-refractivity contribution in [3.8, 4) is 0 Å². The summed E-state index contributed by atoms with van der Waals surface area (Å²) in [4.78, 5) is 9.75. The van der Waals surface area contributed by atoms with E-state index in [0.29, 0.717) is 12.5 Å². The van der Waals surface area contributed by atoms with Crippen molar-refractivity contribution in [2.45, 2.75) is 6.54 Å². The first kappa shape index (κ1) is 10.3. The van der Waals surface area contributed by atoms with Crippen molar-refractivity contribution in [3.05, 3.63) is 27.9 Å². The molecule has 0 unspecified atom stereocenters. The van der Waals surface area contributed by atoms with Crippen molar-refractivity contribution in [3.63, 3.8) is 0 Å². The Balaban J connectivity index is 1.96. The van der Waals surface area contributed by atoms with Gasteiger partial charge in [-0.2, -0.15) is 15.0 Å². The van der Waals surface area contributed by atoms with E-state index in [1.807, 2.05) is 0 Å². The Morgan fingerprint density at radius 3 is 2.67 bits per heavy atom. The number of halogens is 1. The SMILES string of the molecule is Cn1ncc(CNc2ncc(I)cn2)n1. The molecule has 6 nitrogen and oxygen atoms in total. The highest BCUT2D eigenvalue weighted by molar-refractivity contribution is 14.1. The molecule has 0 atom stereocenters. The van der Waals surface area contributed by atoms with Crippen LogP contribution in [0.15, 0.2) is 18.6 Å². The molecule has 2 aromatic heterocycles. The molecule has 2 heterocycles. The molecule has 1 N–H and O–H groups in total. The lowest BCUT2D eigenvalue weighted by molar-refractivity contribution is 0.646. The predicted molar refractivity (Wildman–Crippen MR) is 63.1 cm³/mol. The zero-order valence-corrected chi connectivity index (χ0v) is 10.2. The molecule has 0 aliphatic rings. The zero-order valence-electron chi connectivity index (χ0n) is 8.05. The largest absolute Gasteiger partial charge is 0.348 e. The van der Waals surface area contributed by atoms with Gasteiger partial charge in [0.25, 0.3) is 0 Å². The van der Waals surface area contributed by atoms with Crippen LogP contribution >= 0.6 is 22.6 Å². The maximum Gasteiger partial charge on any atom is 0.222 e. The molecule has 0 aliphatic carbocycles. The second-order valence-electron chi connectivity index (χ2n) is 2.90. The molecule has 0 radical (unpaired) electrons. The van der Waals surface area contributed by atoms with Gasteiger partial charge in [0.1, 0.15) is 5.69 Å². The van der Waals surface area contributed by atoms with Crippen molar-refractivity contribution in [2.75, 3.05) is 5.32 Å². The van der Waals surface area contributed by atoms with Crippen LogP contribution in [0.5, 0.6) is 0 Å². The van der Waals surface area contributed by atoms with Gasteiger partial charge in [0.2, 0.25) is 5.95 Å². The zero-order chi connectivity index (χ0) is 10.7. The van der Waals surface area contributed by atoms with Gasteiger partial charge in [0.05, 0.1) is 12.7 Å². The van der Waals surface area contributed by atoms with Gasteiger partial charge in [-0.05, 0) is 22.6 Å². The van der Waals surface area contributed by atoms with Crippen LogP contribution in [-0.2, 0) is 13.6 Å². The van der Waals surface area contributed by atoms with E-state index in [2.05, 4.69) is 48.1 Å². The van der Waals surface area contributed by atoms with Crippen LogP contribution in [0, 0.1) is 3.57 Å². The molecule has 0 saturated heterocycles. The number of hydrogen-bond acceptors (Lipinski definition) is 5. The molecule has 0 aromatic carbocycles. The van der Waals surface area contributed by atoms with Gasteiger partial charge in [-0.15, -0.1) is 0 Å². The third kappa shape index (κ3) is 2.85. The van der Waals surface area contributed by atoms with Gasteiger partial charge in [0.15, 0.2) is 0 Å². The first-order chi connectivity index (χ1) is 7.24. The molecule has 7 heteroatoms. The number of rotatable bonds is 3. The normalized spacial score (nSPS) is 10.3. The van der Waals surface area contributed by atoms with Gasteiger partial charge in [0, 0.05) is 23.0 Å². The second-order valence-corrected chi connectivity index (χ2v) is 4.15. The van der Waals surface area contributed by atoms with Gasteiger partial charge >= 0.3 is 0 Å². The summed E-state index contributed by atoms with van der Waals surface area (Å²) in [6.07, 6.45) is 5.22. The molecule has 0 bridgehead atoms. The molecule has 78 valence electrons. The minimum absolute atomic E-state index is 0.578. The molecule has 2 aromatic rings. The van der Waals surface area contributed by atoms with E-state index in [9.17, 15) is 0 Å². The van der Waals surface area contributed by atoms with Gasteiger partial charge in [-0.3, -0.25) is 0 Å². The number of aryl methyl sites for hydroxylation is 1. The molecule has 0 fully saturated rings. The summed E-state index contributed by atoms with van der Waals surface area (Å²) in [7, 11) is 1.78. The molecular weight excluding hydrogens is 307 g/mol. The summed E-state index contributed by atoms with van der Waals surface area (Å²) in [5.41, 5.74) is 0.861. The highest BCUT2D eigenvalue weighted by atomic mass is 127. The van der Waals surface area contributed by atoms with E-state index in [0.717, 1.165) is 9.26 Å². The summed E-state index contributed by atoms with van der Waals surface area (Å²) >= 11 is 2.16. The highest BCUT2D eigenvalue weighted by Gasteiger charge is 1.99. The lowest BCUT2D eigenvalue weighted by atomic mass is 10.5. The van der Waals surface area contributed by atoms with E-state index in [1.54, 1.807) is 25.6 Å². The van der Waals surface area contributed by atoms with Crippen molar-refractivity contribution in [2.24, 2.45) is 7.05 Å².